The second kappa shape index (κ2) is 9.99. The number of anilines is 4. The topological polar surface area (TPSA) is 102 Å². The smallest absolute Gasteiger partial charge is 0.308 e. The number of aromatic nitrogens is 2. The maximum Gasteiger partial charge on any atom is 0.308 e. The molecule has 2 bridgehead atoms. The maximum absolute atomic E-state index is 12.2. The molecule has 9 heteroatoms. The summed E-state index contributed by atoms with van der Waals surface area (Å²) in [6, 6.07) is 21.2. The molecule has 3 aliphatic rings. The number of para-hydroxylation sites is 2. The number of halogens is 1. The van der Waals surface area contributed by atoms with Crippen LogP contribution in [0.5, 0.6) is 0 Å². The number of nitrogens with zero attached hydrogens (tertiary/aromatic N) is 3. The van der Waals surface area contributed by atoms with Crippen LogP contribution in [0.4, 0.5) is 23.0 Å². The first kappa shape index (κ1) is 22.6. The van der Waals surface area contributed by atoms with E-state index in [1.807, 2.05) is 66.7 Å². The summed E-state index contributed by atoms with van der Waals surface area (Å²) < 4.78 is 0.421. The summed E-state index contributed by atoms with van der Waals surface area (Å²) in [7, 11) is 0. The van der Waals surface area contributed by atoms with Crippen LogP contribution in [0.2, 0.25) is 0 Å². The Bertz CT molecular complexity index is 1120. The zero-order chi connectivity index (χ0) is 23.5. The molecule has 0 aliphatic heterocycles. The van der Waals surface area contributed by atoms with E-state index in [4.69, 9.17) is 0 Å². The fraction of sp³-hybridized carbons (Fsp3) is 0.320. The number of nitrogens with one attached hydrogen (secondary N) is 3. The van der Waals surface area contributed by atoms with Gasteiger partial charge in [0.15, 0.2) is 5.82 Å². The van der Waals surface area contributed by atoms with E-state index in [9.17, 15) is 9.90 Å². The fourth-order valence-corrected chi connectivity index (χ4v) is 5.56. The molecule has 3 fully saturated rings. The number of hydrazine groups is 2. The lowest BCUT2D eigenvalue weighted by Crippen LogP contribution is -2.60. The van der Waals surface area contributed by atoms with E-state index in [2.05, 4.69) is 42.1 Å². The summed E-state index contributed by atoms with van der Waals surface area (Å²) in [6.07, 6.45) is 4.05. The molecule has 1 heterocycles. The number of carbonyl (C=O) groups is 1. The summed E-state index contributed by atoms with van der Waals surface area (Å²) in [5.74, 6) is 0.519. The largest absolute Gasteiger partial charge is 0.481 e. The van der Waals surface area contributed by atoms with Crippen molar-refractivity contribution in [2.24, 2.45) is 17.8 Å². The van der Waals surface area contributed by atoms with E-state index < -0.39 is 11.9 Å². The van der Waals surface area contributed by atoms with Gasteiger partial charge in [0, 0.05) is 17.8 Å². The van der Waals surface area contributed by atoms with E-state index in [0.717, 1.165) is 37.1 Å². The molecule has 2 aromatic carbocycles. The van der Waals surface area contributed by atoms with Gasteiger partial charge in [-0.15, -0.1) is 0 Å². The normalized spacial score (nSPS) is 23.3. The number of rotatable bonds is 8. The van der Waals surface area contributed by atoms with Crippen molar-refractivity contribution < 1.29 is 9.90 Å². The zero-order valence-corrected chi connectivity index (χ0v) is 20.1. The van der Waals surface area contributed by atoms with Gasteiger partial charge < -0.3 is 10.4 Å². The van der Waals surface area contributed by atoms with E-state index in [1.165, 1.54) is 0 Å². The Kier molecular flexibility index (Phi) is 6.64. The van der Waals surface area contributed by atoms with Crippen molar-refractivity contribution in [2.75, 3.05) is 15.9 Å². The van der Waals surface area contributed by atoms with Crippen LogP contribution in [-0.2, 0) is 4.79 Å². The Hall–Kier alpha value is -3.17. The first-order valence-corrected chi connectivity index (χ1v) is 12.3. The molecule has 0 saturated heterocycles. The Balaban J connectivity index is 1.47. The molecule has 3 aliphatic carbocycles. The molecule has 0 radical (unpaired) electrons. The molecule has 3 saturated carbocycles. The van der Waals surface area contributed by atoms with Gasteiger partial charge in [0.2, 0.25) is 4.73 Å². The van der Waals surface area contributed by atoms with Crippen LogP contribution in [0.1, 0.15) is 25.7 Å². The van der Waals surface area contributed by atoms with E-state index in [-0.39, 0.29) is 12.0 Å². The molecule has 0 amide bonds. The van der Waals surface area contributed by atoms with Gasteiger partial charge in [-0.3, -0.25) is 10.2 Å². The van der Waals surface area contributed by atoms with Crippen molar-refractivity contribution in [3.8, 4) is 0 Å². The second-order valence-corrected chi connectivity index (χ2v) is 9.59. The van der Waals surface area contributed by atoms with Gasteiger partial charge in [-0.05, 0) is 77.7 Å². The van der Waals surface area contributed by atoms with Crippen molar-refractivity contribution in [2.45, 2.75) is 31.7 Å². The van der Waals surface area contributed by atoms with Gasteiger partial charge in [0.1, 0.15) is 5.82 Å². The first-order chi connectivity index (χ1) is 16.6. The van der Waals surface area contributed by atoms with Gasteiger partial charge in [-0.1, -0.05) is 36.4 Å². The highest BCUT2D eigenvalue weighted by atomic mass is 79.9. The zero-order valence-electron chi connectivity index (χ0n) is 18.6. The third-order valence-corrected chi connectivity index (χ3v) is 7.11. The lowest BCUT2D eigenvalue weighted by Gasteiger charge is -2.48. The Labute approximate surface area is 206 Å². The number of carboxylic acids is 1. The molecule has 34 heavy (non-hydrogen) atoms. The standard InChI is InChI=1S/C25H27BrN6O2/c26-25-28-20(27-18-7-3-1-4-8-18)15-21(29-25)32(30-19-9-5-2-6-10-19)31-23-17-13-11-16(12-14-17)22(23)24(33)34/h1-10,15-17,22-23,30-31H,11-14H2,(H,33,34)(H,27,28,29). The third-order valence-electron chi connectivity index (χ3n) is 6.76. The van der Waals surface area contributed by atoms with Crippen LogP contribution in [-0.4, -0.2) is 27.1 Å². The monoisotopic (exact) mass is 522 g/mol. The fourth-order valence-electron chi connectivity index (χ4n) is 5.19. The van der Waals surface area contributed by atoms with Gasteiger partial charge >= 0.3 is 5.97 Å². The van der Waals surface area contributed by atoms with Crippen LogP contribution in [0.3, 0.4) is 0 Å². The number of carboxylic acid groups (broad SMARTS) is 1. The highest BCUT2D eigenvalue weighted by Gasteiger charge is 2.48. The van der Waals surface area contributed by atoms with Gasteiger partial charge in [0.05, 0.1) is 11.6 Å². The first-order valence-electron chi connectivity index (χ1n) is 11.5. The second-order valence-electron chi connectivity index (χ2n) is 8.88. The van der Waals surface area contributed by atoms with Crippen LogP contribution < -0.4 is 21.3 Å². The van der Waals surface area contributed by atoms with E-state index in [0.29, 0.717) is 22.3 Å². The minimum absolute atomic E-state index is 0.194. The lowest BCUT2D eigenvalue weighted by atomic mass is 9.62. The predicted molar refractivity (Wildman–Crippen MR) is 135 cm³/mol. The molecule has 176 valence electrons. The molecule has 1 aromatic heterocycles. The number of fused-ring (bicyclic) bond motifs is 3. The third kappa shape index (κ3) is 5.00. The lowest BCUT2D eigenvalue weighted by molar-refractivity contribution is -0.149. The average Bonchev–Trinajstić information content (AvgIpc) is 2.85. The maximum atomic E-state index is 12.2. The highest BCUT2D eigenvalue weighted by Crippen LogP contribution is 2.45. The van der Waals surface area contributed by atoms with Crippen molar-refractivity contribution >= 4 is 44.9 Å². The summed E-state index contributed by atoms with van der Waals surface area (Å²) in [5.41, 5.74) is 8.64. The van der Waals surface area contributed by atoms with Crippen LogP contribution in [0.15, 0.2) is 71.5 Å². The number of benzene rings is 2. The molecule has 4 N–H and O–H groups in total. The van der Waals surface area contributed by atoms with Gasteiger partial charge in [-0.2, -0.15) is 0 Å². The molecule has 8 nitrogen and oxygen atoms in total. The summed E-state index contributed by atoms with van der Waals surface area (Å²) in [6.45, 7) is 0. The highest BCUT2D eigenvalue weighted by molar-refractivity contribution is 9.10. The number of hydrogen-bond acceptors (Lipinski definition) is 7. The van der Waals surface area contributed by atoms with Gasteiger partial charge in [0.25, 0.3) is 0 Å². The molecule has 0 spiro atoms. The van der Waals surface area contributed by atoms with Crippen molar-refractivity contribution in [3.63, 3.8) is 0 Å². The van der Waals surface area contributed by atoms with Crippen LogP contribution >= 0.6 is 15.9 Å². The molecule has 2 unspecified atom stereocenters. The van der Waals surface area contributed by atoms with E-state index >= 15 is 0 Å². The predicted octanol–water partition coefficient (Wildman–Crippen LogP) is 5.21. The minimum Gasteiger partial charge on any atom is -0.481 e. The molecular weight excluding hydrogens is 496 g/mol. The number of hydrogen-bond donors (Lipinski definition) is 4. The molecule has 2 atom stereocenters. The molecule has 3 aromatic rings. The summed E-state index contributed by atoms with van der Waals surface area (Å²) in [4.78, 5) is 21.3. The van der Waals surface area contributed by atoms with Crippen molar-refractivity contribution in [1.82, 2.24) is 15.4 Å². The van der Waals surface area contributed by atoms with E-state index in [1.54, 1.807) is 5.12 Å². The molecular formula is C25H27BrN6O2. The average molecular weight is 523 g/mol. The van der Waals surface area contributed by atoms with Crippen molar-refractivity contribution in [1.29, 1.82) is 0 Å². The van der Waals surface area contributed by atoms with Crippen LogP contribution in [0, 0.1) is 17.8 Å². The Morgan fingerprint density at radius 2 is 1.53 bits per heavy atom. The number of aliphatic carboxylic acids is 1. The minimum atomic E-state index is -0.734. The summed E-state index contributed by atoms with van der Waals surface area (Å²) in [5, 5.41) is 15.1. The Morgan fingerprint density at radius 1 is 0.912 bits per heavy atom. The summed E-state index contributed by atoms with van der Waals surface area (Å²) >= 11 is 3.43. The van der Waals surface area contributed by atoms with Crippen molar-refractivity contribution in [3.05, 3.63) is 71.5 Å². The SMILES string of the molecule is O=C(O)C1C2CCC(CC2)C1NN(Nc1ccccc1)c1cc(Nc2ccccc2)nc(Br)n1. The molecule has 6 rings (SSSR count). The van der Waals surface area contributed by atoms with Gasteiger partial charge in [-0.25, -0.2) is 20.5 Å². The Morgan fingerprint density at radius 3 is 2.18 bits per heavy atom. The van der Waals surface area contributed by atoms with Crippen LogP contribution in [0.25, 0.3) is 0 Å². The quantitative estimate of drug-likeness (QED) is 0.236.